The minimum Gasteiger partial charge on any atom is -0.449 e. The van der Waals surface area contributed by atoms with Crippen molar-refractivity contribution in [3.63, 3.8) is 0 Å². The molecule has 0 saturated carbocycles. The van der Waals surface area contributed by atoms with Crippen molar-refractivity contribution in [3.05, 3.63) is 99.1 Å². The third-order valence-corrected chi connectivity index (χ3v) is 5.30. The van der Waals surface area contributed by atoms with Gasteiger partial charge < -0.3 is 10.1 Å². The Labute approximate surface area is 188 Å². The van der Waals surface area contributed by atoms with E-state index in [0.717, 1.165) is 28.3 Å². The Bertz CT molecular complexity index is 1250. The molecule has 0 atom stereocenters. The fourth-order valence-electron chi connectivity index (χ4n) is 3.88. The molecule has 0 aliphatic heterocycles. The first-order chi connectivity index (χ1) is 16.0. The number of nitrogens with one attached hydrogen (secondary N) is 1. The van der Waals surface area contributed by atoms with E-state index in [0.29, 0.717) is 6.07 Å². The second-order valence-corrected chi connectivity index (χ2v) is 7.34. The molecule has 0 spiro atoms. The van der Waals surface area contributed by atoms with E-state index in [2.05, 4.69) is 17.2 Å². The van der Waals surface area contributed by atoms with E-state index >= 15 is 0 Å². The van der Waals surface area contributed by atoms with Gasteiger partial charge in [-0.15, -0.1) is 0 Å². The summed E-state index contributed by atoms with van der Waals surface area (Å²) >= 11 is 0. The van der Waals surface area contributed by atoms with Crippen molar-refractivity contribution >= 4 is 11.8 Å². The molecular formula is C25H18F2N2O4. The Hall–Kier alpha value is -4.25. The topological polar surface area (TPSA) is 81.5 Å². The molecule has 0 heterocycles. The van der Waals surface area contributed by atoms with Crippen LogP contribution in [0.25, 0.3) is 11.1 Å². The van der Waals surface area contributed by atoms with Gasteiger partial charge in [0.25, 0.3) is 0 Å². The molecular weight excluding hydrogens is 430 g/mol. The number of carbonyl (C=O) groups is 1. The van der Waals surface area contributed by atoms with E-state index in [1.165, 1.54) is 0 Å². The normalized spacial score (nSPS) is 11.7. The van der Waals surface area contributed by atoms with E-state index in [1.54, 1.807) is 0 Å². The molecule has 1 aliphatic rings. The van der Waals surface area contributed by atoms with Crippen molar-refractivity contribution in [1.82, 2.24) is 5.32 Å². The van der Waals surface area contributed by atoms with E-state index in [4.69, 9.17) is 4.74 Å². The van der Waals surface area contributed by atoms with Gasteiger partial charge in [-0.05, 0) is 28.3 Å². The van der Waals surface area contributed by atoms with Gasteiger partial charge in [0.15, 0.2) is 0 Å². The summed E-state index contributed by atoms with van der Waals surface area (Å²) in [6, 6.07) is 17.2. The number of amides is 1. The van der Waals surface area contributed by atoms with Crippen molar-refractivity contribution in [2.75, 3.05) is 13.2 Å². The van der Waals surface area contributed by atoms with Crippen molar-refractivity contribution in [2.24, 2.45) is 0 Å². The Balaban J connectivity index is 1.32. The zero-order chi connectivity index (χ0) is 23.4. The predicted molar refractivity (Wildman–Crippen MR) is 118 cm³/mol. The maximum atomic E-state index is 13.6. The average molecular weight is 448 g/mol. The summed E-state index contributed by atoms with van der Waals surface area (Å²) < 4.78 is 32.4. The third-order valence-electron chi connectivity index (χ3n) is 5.30. The lowest BCUT2D eigenvalue weighted by atomic mass is 9.98. The summed E-state index contributed by atoms with van der Waals surface area (Å²) in [6.07, 6.45) is -0.513. The van der Waals surface area contributed by atoms with Crippen LogP contribution >= 0.6 is 0 Å². The van der Waals surface area contributed by atoms with E-state index in [9.17, 15) is 23.7 Å². The van der Waals surface area contributed by atoms with Crippen LogP contribution in [-0.2, 0) is 4.74 Å². The lowest BCUT2D eigenvalue weighted by Gasteiger charge is -2.14. The number of nitrogens with zero attached hydrogens (tertiary/aromatic N) is 1. The number of halogens is 2. The molecule has 0 bridgehead atoms. The molecule has 4 rings (SSSR count). The highest BCUT2D eigenvalue weighted by molar-refractivity contribution is 5.79. The molecule has 0 radical (unpaired) electrons. The summed E-state index contributed by atoms with van der Waals surface area (Å²) in [6.45, 7) is 0.273. The maximum Gasteiger partial charge on any atom is 0.407 e. The van der Waals surface area contributed by atoms with Crippen LogP contribution in [0.3, 0.4) is 0 Å². The van der Waals surface area contributed by atoms with Gasteiger partial charge in [-0.3, -0.25) is 10.1 Å². The number of alkyl carbamates (subject to hydrolysis) is 1. The van der Waals surface area contributed by atoms with Gasteiger partial charge >= 0.3 is 11.8 Å². The maximum absolute atomic E-state index is 13.6. The number of carbonyl (C=O) groups excluding carboxylic acids is 1. The van der Waals surface area contributed by atoms with Crippen molar-refractivity contribution in [2.45, 2.75) is 12.3 Å². The predicted octanol–water partition coefficient (Wildman–Crippen LogP) is 5.15. The van der Waals surface area contributed by atoms with Crippen LogP contribution in [0, 0.1) is 33.6 Å². The fourth-order valence-corrected chi connectivity index (χ4v) is 3.88. The van der Waals surface area contributed by atoms with Crippen molar-refractivity contribution < 1.29 is 23.2 Å². The summed E-state index contributed by atoms with van der Waals surface area (Å²) in [5, 5.41) is 13.5. The molecule has 0 aromatic heterocycles. The Morgan fingerprint density at radius 1 is 1.06 bits per heavy atom. The number of hydrogen-bond acceptors (Lipinski definition) is 4. The van der Waals surface area contributed by atoms with Crippen LogP contribution in [0.2, 0.25) is 0 Å². The largest absolute Gasteiger partial charge is 0.449 e. The molecule has 3 aromatic rings. The summed E-state index contributed by atoms with van der Waals surface area (Å²) in [5.74, 6) is 2.64. The van der Waals surface area contributed by atoms with Crippen LogP contribution < -0.4 is 5.32 Å². The number of nitro groups is 1. The summed E-state index contributed by atoms with van der Waals surface area (Å²) in [5.41, 5.74) is 3.20. The highest BCUT2D eigenvalue weighted by Gasteiger charge is 2.29. The first kappa shape index (κ1) is 22.0. The zero-order valence-electron chi connectivity index (χ0n) is 17.3. The van der Waals surface area contributed by atoms with Crippen molar-refractivity contribution in [1.29, 1.82) is 0 Å². The van der Waals surface area contributed by atoms with Crippen molar-refractivity contribution in [3.8, 4) is 23.0 Å². The quantitative estimate of drug-likeness (QED) is 0.253. The van der Waals surface area contributed by atoms with Gasteiger partial charge in [0.2, 0.25) is 5.82 Å². The number of benzene rings is 3. The first-order valence-electron chi connectivity index (χ1n) is 10.2. The second kappa shape index (κ2) is 9.49. The van der Waals surface area contributed by atoms with Crippen LogP contribution in [0.15, 0.2) is 60.7 Å². The molecule has 0 saturated heterocycles. The molecule has 33 heavy (non-hydrogen) atoms. The van der Waals surface area contributed by atoms with E-state index in [-0.39, 0.29) is 31.1 Å². The smallest absolute Gasteiger partial charge is 0.407 e. The highest BCUT2D eigenvalue weighted by Crippen LogP contribution is 2.44. The molecule has 0 unspecified atom stereocenters. The molecule has 1 amide bonds. The molecule has 1 N–H and O–H groups in total. The highest BCUT2D eigenvalue weighted by atomic mass is 19.1. The first-order valence-corrected chi connectivity index (χ1v) is 10.2. The monoisotopic (exact) mass is 448 g/mol. The van der Waals surface area contributed by atoms with Gasteiger partial charge in [-0.2, -0.15) is 4.39 Å². The summed E-state index contributed by atoms with van der Waals surface area (Å²) in [7, 11) is 0. The third kappa shape index (κ3) is 4.67. The Morgan fingerprint density at radius 2 is 1.70 bits per heavy atom. The van der Waals surface area contributed by atoms with Gasteiger partial charge in [0.1, 0.15) is 18.0 Å². The zero-order valence-corrected chi connectivity index (χ0v) is 17.3. The number of fused-ring (bicyclic) bond motifs is 3. The SMILES string of the molecule is O=C(NCCC#Cc1cc(F)cc(F)c1[N+](=O)[O-])OCC1c2ccccc2-c2ccccc21. The van der Waals surface area contributed by atoms with Gasteiger partial charge in [-0.25, -0.2) is 9.18 Å². The molecule has 1 aliphatic carbocycles. The molecule has 166 valence electrons. The standard InChI is InChI=1S/C25H18F2N2O4/c26-17-13-16(24(29(31)32)23(27)14-17)7-5-6-12-28-25(30)33-15-22-20-10-3-1-8-18(20)19-9-2-4-11-21(19)22/h1-4,8-11,13-14,22H,6,12,15H2,(H,28,30). The number of nitro benzene ring substituents is 1. The minimum atomic E-state index is -1.29. The van der Waals surface area contributed by atoms with Crippen LogP contribution in [0.5, 0.6) is 0 Å². The van der Waals surface area contributed by atoms with Crippen LogP contribution in [-0.4, -0.2) is 24.2 Å². The number of rotatable bonds is 5. The molecule has 6 nitrogen and oxygen atoms in total. The van der Waals surface area contributed by atoms with Gasteiger partial charge in [0.05, 0.1) is 4.92 Å². The average Bonchev–Trinajstić information content (AvgIpc) is 3.10. The molecule has 3 aromatic carbocycles. The van der Waals surface area contributed by atoms with Crippen LogP contribution in [0.4, 0.5) is 19.3 Å². The minimum absolute atomic E-state index is 0.0636. The van der Waals surface area contributed by atoms with Gasteiger partial charge in [0, 0.05) is 24.9 Å². The van der Waals surface area contributed by atoms with E-state index in [1.807, 2.05) is 48.5 Å². The van der Waals surface area contributed by atoms with E-state index < -0.39 is 28.3 Å². The van der Waals surface area contributed by atoms with Crippen LogP contribution in [0.1, 0.15) is 29.0 Å². The number of hydrogen-bond donors (Lipinski definition) is 1. The Morgan fingerprint density at radius 3 is 2.33 bits per heavy atom. The lowest BCUT2D eigenvalue weighted by Crippen LogP contribution is -2.26. The molecule has 0 fully saturated rings. The molecule has 8 heteroatoms. The number of ether oxygens (including phenoxy) is 1. The summed E-state index contributed by atoms with van der Waals surface area (Å²) in [4.78, 5) is 22.1. The second-order valence-electron chi connectivity index (χ2n) is 7.34. The Kier molecular flexibility index (Phi) is 6.31. The lowest BCUT2D eigenvalue weighted by molar-refractivity contribution is -0.387. The van der Waals surface area contributed by atoms with Gasteiger partial charge in [-0.1, -0.05) is 60.4 Å². The fraction of sp³-hybridized carbons (Fsp3) is 0.160.